The third-order valence-electron chi connectivity index (χ3n) is 6.37. The summed E-state index contributed by atoms with van der Waals surface area (Å²) in [6.07, 6.45) is 5.37. The highest BCUT2D eigenvalue weighted by Gasteiger charge is 2.20. The van der Waals surface area contributed by atoms with Crippen LogP contribution in [0.25, 0.3) is 22.7 Å². The molecule has 1 unspecified atom stereocenters. The second kappa shape index (κ2) is 9.58. The smallest absolute Gasteiger partial charge is 0.267 e. The van der Waals surface area contributed by atoms with E-state index in [9.17, 15) is 4.79 Å². The SMILES string of the molecule is CCC1CC=c2c(n(-c3ccccc3)c(=O)c3cn[nH]c23)=NC1=NCc1ccc(OC)c(OC)c1. The summed E-state index contributed by atoms with van der Waals surface area (Å²) in [6.45, 7) is 2.57. The van der Waals surface area contributed by atoms with Crippen molar-refractivity contribution in [3.05, 3.63) is 81.4 Å². The lowest BCUT2D eigenvalue weighted by molar-refractivity contribution is 0.354. The zero-order valence-electron chi connectivity index (χ0n) is 20.0. The number of fused-ring (bicyclic) bond motifs is 3. The van der Waals surface area contributed by atoms with Crippen LogP contribution >= 0.6 is 0 Å². The number of nitrogens with zero attached hydrogens (tertiary/aromatic N) is 4. The van der Waals surface area contributed by atoms with Gasteiger partial charge in [0.25, 0.3) is 5.56 Å². The van der Waals surface area contributed by atoms with Gasteiger partial charge in [0.05, 0.1) is 43.6 Å². The van der Waals surface area contributed by atoms with E-state index in [0.29, 0.717) is 34.4 Å². The lowest BCUT2D eigenvalue weighted by Gasteiger charge is -2.12. The number of para-hydroxylation sites is 1. The van der Waals surface area contributed by atoms with Gasteiger partial charge in [-0.05, 0) is 42.7 Å². The average molecular weight is 470 g/mol. The summed E-state index contributed by atoms with van der Waals surface area (Å²) in [6, 6.07) is 15.3. The van der Waals surface area contributed by atoms with E-state index < -0.39 is 0 Å². The molecule has 35 heavy (non-hydrogen) atoms. The van der Waals surface area contributed by atoms with E-state index in [0.717, 1.165) is 35.1 Å². The number of benzene rings is 2. The summed E-state index contributed by atoms with van der Waals surface area (Å²) in [5.41, 5.74) is 2.85. The molecule has 1 N–H and O–H groups in total. The van der Waals surface area contributed by atoms with Gasteiger partial charge in [-0.25, -0.2) is 4.99 Å². The molecule has 8 nitrogen and oxygen atoms in total. The van der Waals surface area contributed by atoms with Gasteiger partial charge in [-0.15, -0.1) is 0 Å². The van der Waals surface area contributed by atoms with Crippen LogP contribution in [0.15, 0.2) is 69.5 Å². The Balaban J connectivity index is 1.71. The molecule has 2 aromatic carbocycles. The van der Waals surface area contributed by atoms with E-state index in [1.54, 1.807) is 25.0 Å². The van der Waals surface area contributed by atoms with Crippen LogP contribution in [0, 0.1) is 5.92 Å². The quantitative estimate of drug-likeness (QED) is 0.469. The van der Waals surface area contributed by atoms with E-state index in [2.05, 4.69) is 23.2 Å². The highest BCUT2D eigenvalue weighted by Crippen LogP contribution is 2.28. The summed E-state index contributed by atoms with van der Waals surface area (Å²) in [4.78, 5) is 23.5. The number of aromatic nitrogens is 3. The number of H-pyrrole nitrogens is 1. The Labute approximate surface area is 202 Å². The Morgan fingerprint density at radius 2 is 1.91 bits per heavy atom. The second-order valence-electron chi connectivity index (χ2n) is 8.39. The molecular formula is C27H27N5O3. The fraction of sp³-hybridized carbons (Fsp3) is 0.259. The standard InChI is InChI=1S/C27H27N5O3/c1-4-18-11-12-20-24-21(16-29-31-24)27(33)32(19-8-6-5-7-9-19)26(20)30-25(18)28-15-17-10-13-22(34-2)23(14-17)35-3/h5-10,12-14,16,18H,4,11,15H2,1-3H3,(H,29,31). The fourth-order valence-electron chi connectivity index (χ4n) is 4.45. The largest absolute Gasteiger partial charge is 0.493 e. The van der Waals surface area contributed by atoms with Crippen LogP contribution in [0.5, 0.6) is 11.5 Å². The number of aliphatic imine (C=N–C) groups is 1. The monoisotopic (exact) mass is 469 g/mol. The van der Waals surface area contributed by atoms with Crippen LogP contribution in [0.1, 0.15) is 25.3 Å². The Morgan fingerprint density at radius 1 is 1.11 bits per heavy atom. The molecule has 0 saturated heterocycles. The maximum Gasteiger partial charge on any atom is 0.267 e. The van der Waals surface area contributed by atoms with Crippen molar-refractivity contribution in [2.75, 3.05) is 14.2 Å². The molecule has 1 aliphatic rings. The highest BCUT2D eigenvalue weighted by atomic mass is 16.5. The Kier molecular flexibility index (Phi) is 6.18. The first-order valence-corrected chi connectivity index (χ1v) is 11.6. The van der Waals surface area contributed by atoms with Gasteiger partial charge in [0, 0.05) is 11.1 Å². The highest BCUT2D eigenvalue weighted by molar-refractivity contribution is 5.87. The molecule has 0 bridgehead atoms. The number of nitrogens with one attached hydrogen (secondary N) is 1. The lowest BCUT2D eigenvalue weighted by atomic mass is 10.0. The molecule has 0 saturated carbocycles. The Morgan fingerprint density at radius 3 is 2.66 bits per heavy atom. The number of amidine groups is 1. The molecule has 2 aromatic heterocycles. The van der Waals surface area contributed by atoms with Crippen LogP contribution in [-0.2, 0) is 6.54 Å². The van der Waals surface area contributed by atoms with E-state index in [4.69, 9.17) is 19.5 Å². The normalized spacial score (nSPS) is 16.3. The van der Waals surface area contributed by atoms with Gasteiger partial charge in [-0.1, -0.05) is 37.3 Å². The first-order valence-electron chi connectivity index (χ1n) is 11.6. The van der Waals surface area contributed by atoms with Crippen molar-refractivity contribution in [1.29, 1.82) is 0 Å². The maximum atomic E-state index is 13.5. The molecule has 0 amide bonds. The van der Waals surface area contributed by atoms with Crippen LogP contribution < -0.4 is 25.7 Å². The maximum absolute atomic E-state index is 13.5. The molecule has 0 aliphatic carbocycles. The number of ether oxygens (including phenoxy) is 2. The topological polar surface area (TPSA) is 93.9 Å². The van der Waals surface area contributed by atoms with Crippen molar-refractivity contribution in [2.24, 2.45) is 15.9 Å². The lowest BCUT2D eigenvalue weighted by Crippen LogP contribution is -2.43. The minimum Gasteiger partial charge on any atom is -0.493 e. The molecule has 4 aromatic rings. The number of aromatic amines is 1. The summed E-state index contributed by atoms with van der Waals surface area (Å²) in [7, 11) is 3.23. The van der Waals surface area contributed by atoms with Crippen molar-refractivity contribution >= 4 is 22.8 Å². The van der Waals surface area contributed by atoms with Crippen molar-refractivity contribution in [3.63, 3.8) is 0 Å². The van der Waals surface area contributed by atoms with Gasteiger partial charge in [-0.2, -0.15) is 5.10 Å². The molecule has 5 rings (SSSR count). The predicted molar refractivity (Wildman–Crippen MR) is 136 cm³/mol. The molecule has 1 atom stereocenters. The number of methoxy groups -OCH3 is 2. The van der Waals surface area contributed by atoms with Crippen LogP contribution in [0.3, 0.4) is 0 Å². The van der Waals surface area contributed by atoms with Crippen molar-refractivity contribution in [2.45, 2.75) is 26.3 Å². The summed E-state index contributed by atoms with van der Waals surface area (Å²) in [5, 5.41) is 8.56. The van der Waals surface area contributed by atoms with Crippen molar-refractivity contribution in [1.82, 2.24) is 14.8 Å². The van der Waals surface area contributed by atoms with Gasteiger partial charge in [-0.3, -0.25) is 19.5 Å². The predicted octanol–water partition coefficient (Wildman–Crippen LogP) is 3.16. The minimum absolute atomic E-state index is 0.125. The van der Waals surface area contributed by atoms with E-state index in [1.807, 2.05) is 48.5 Å². The Hall–Kier alpha value is -4.20. The molecule has 1 aliphatic heterocycles. The summed E-state index contributed by atoms with van der Waals surface area (Å²) >= 11 is 0. The zero-order valence-corrected chi connectivity index (χ0v) is 20.0. The molecular weight excluding hydrogens is 442 g/mol. The van der Waals surface area contributed by atoms with Crippen molar-refractivity contribution in [3.8, 4) is 17.2 Å². The van der Waals surface area contributed by atoms with Gasteiger partial charge in [0.15, 0.2) is 17.0 Å². The van der Waals surface area contributed by atoms with Crippen molar-refractivity contribution < 1.29 is 9.47 Å². The first kappa shape index (κ1) is 22.6. The van der Waals surface area contributed by atoms with Gasteiger partial charge >= 0.3 is 0 Å². The number of rotatable bonds is 6. The molecule has 178 valence electrons. The fourth-order valence-corrected chi connectivity index (χ4v) is 4.45. The first-order chi connectivity index (χ1) is 17.1. The molecule has 0 fully saturated rings. The van der Waals surface area contributed by atoms with Gasteiger partial charge in [0.2, 0.25) is 0 Å². The minimum atomic E-state index is -0.162. The zero-order chi connectivity index (χ0) is 24.4. The van der Waals surface area contributed by atoms with E-state index in [1.165, 1.54) is 0 Å². The summed E-state index contributed by atoms with van der Waals surface area (Å²) < 4.78 is 12.4. The van der Waals surface area contributed by atoms with Crippen LogP contribution in [0.4, 0.5) is 0 Å². The van der Waals surface area contributed by atoms with E-state index in [-0.39, 0.29) is 11.5 Å². The second-order valence-corrected chi connectivity index (χ2v) is 8.39. The Bertz CT molecular complexity index is 1590. The molecule has 3 heterocycles. The number of hydrogen-bond donors (Lipinski definition) is 1. The van der Waals surface area contributed by atoms with Gasteiger partial charge in [0.1, 0.15) is 5.84 Å². The summed E-state index contributed by atoms with van der Waals surface area (Å²) in [5.74, 6) is 2.18. The third kappa shape index (κ3) is 4.12. The molecule has 0 radical (unpaired) electrons. The van der Waals surface area contributed by atoms with Crippen LogP contribution in [-0.4, -0.2) is 34.8 Å². The third-order valence-corrected chi connectivity index (χ3v) is 6.37. The number of pyridine rings is 1. The van der Waals surface area contributed by atoms with E-state index >= 15 is 0 Å². The number of hydrogen-bond acceptors (Lipinski definition) is 5. The van der Waals surface area contributed by atoms with Gasteiger partial charge < -0.3 is 9.47 Å². The van der Waals surface area contributed by atoms with Crippen LogP contribution in [0.2, 0.25) is 0 Å². The molecule has 8 heteroatoms. The average Bonchev–Trinajstić information content (AvgIpc) is 3.32. The molecule has 0 spiro atoms.